The van der Waals surface area contributed by atoms with Gasteiger partial charge in [0, 0.05) is 11.3 Å². The molecule has 1 atom stereocenters. The monoisotopic (exact) mass is 321 g/mol. The lowest BCUT2D eigenvalue weighted by atomic mass is 9.96. The first kappa shape index (κ1) is 18.6. The molecule has 1 aromatic rings. The van der Waals surface area contributed by atoms with Crippen molar-refractivity contribution < 1.29 is 19.1 Å². The molecule has 1 aromatic carbocycles. The molecule has 126 valence electrons. The normalized spacial score (nSPS) is 12.9. The van der Waals surface area contributed by atoms with Gasteiger partial charge in [0.05, 0.1) is 12.6 Å². The number of hydrogen-bond donors (Lipinski definition) is 3. The van der Waals surface area contributed by atoms with E-state index in [1.807, 2.05) is 6.92 Å². The molecule has 0 heterocycles. The third-order valence-electron chi connectivity index (χ3n) is 3.31. The number of benzene rings is 1. The van der Waals surface area contributed by atoms with Crippen LogP contribution in [0.5, 0.6) is 0 Å². The Morgan fingerprint density at radius 3 is 2.35 bits per heavy atom. The highest BCUT2D eigenvalue weighted by molar-refractivity contribution is 5.99. The van der Waals surface area contributed by atoms with Gasteiger partial charge in [0.15, 0.2) is 0 Å². The lowest BCUT2D eigenvalue weighted by molar-refractivity contribution is -0.139. The zero-order valence-electron chi connectivity index (χ0n) is 13.6. The second-order valence-corrected chi connectivity index (χ2v) is 5.46. The molecule has 0 saturated carbocycles. The first-order valence-corrected chi connectivity index (χ1v) is 7.35. The number of esters is 1. The second-order valence-electron chi connectivity index (χ2n) is 5.46. The summed E-state index contributed by atoms with van der Waals surface area (Å²) in [5, 5.41) is 5.15. The molecule has 0 fully saturated rings. The first-order valence-electron chi connectivity index (χ1n) is 7.35. The summed E-state index contributed by atoms with van der Waals surface area (Å²) >= 11 is 0. The van der Waals surface area contributed by atoms with E-state index in [-0.39, 0.29) is 12.5 Å². The Labute approximate surface area is 135 Å². The molecule has 0 radical (unpaired) electrons. The average Bonchev–Trinajstić information content (AvgIpc) is 2.52. The molecule has 23 heavy (non-hydrogen) atoms. The van der Waals surface area contributed by atoms with Crippen LogP contribution >= 0.6 is 0 Å². The van der Waals surface area contributed by atoms with Gasteiger partial charge >= 0.3 is 5.97 Å². The smallest absolute Gasteiger partial charge is 0.325 e. The highest BCUT2D eigenvalue weighted by Gasteiger charge is 2.27. The minimum absolute atomic E-state index is 0.198. The molecule has 0 aromatic heterocycles. The molecule has 0 spiro atoms. The number of carbonyl (C=O) groups is 3. The van der Waals surface area contributed by atoms with Gasteiger partial charge in [0.25, 0.3) is 5.91 Å². The lowest BCUT2D eigenvalue weighted by Gasteiger charge is -2.22. The van der Waals surface area contributed by atoms with Gasteiger partial charge in [-0.05, 0) is 37.6 Å². The van der Waals surface area contributed by atoms with Gasteiger partial charge in [0.1, 0.15) is 6.54 Å². The van der Waals surface area contributed by atoms with Crippen molar-refractivity contribution in [1.29, 1.82) is 0 Å². The minimum Gasteiger partial charge on any atom is -0.468 e. The van der Waals surface area contributed by atoms with Gasteiger partial charge in [0.2, 0.25) is 5.91 Å². The maximum atomic E-state index is 12.1. The van der Waals surface area contributed by atoms with Crippen LogP contribution in [0.15, 0.2) is 24.3 Å². The van der Waals surface area contributed by atoms with Crippen molar-refractivity contribution in [2.24, 2.45) is 5.73 Å². The van der Waals surface area contributed by atoms with Crippen LogP contribution < -0.4 is 16.4 Å². The highest BCUT2D eigenvalue weighted by Crippen LogP contribution is 2.14. The molecule has 7 heteroatoms. The van der Waals surface area contributed by atoms with Gasteiger partial charge < -0.3 is 21.1 Å². The topological polar surface area (TPSA) is 111 Å². The van der Waals surface area contributed by atoms with Crippen molar-refractivity contribution in [3.8, 4) is 0 Å². The molecule has 7 nitrogen and oxygen atoms in total. The lowest BCUT2D eigenvalue weighted by Crippen LogP contribution is -2.48. The van der Waals surface area contributed by atoms with E-state index < -0.39 is 17.4 Å². The van der Waals surface area contributed by atoms with Crippen molar-refractivity contribution in [2.45, 2.75) is 32.2 Å². The standard InChI is InChI=1S/C16H23N3O4/c1-4-9-16(2,17)15(22)19-12-7-5-11(6-8-12)14(21)18-10-13(20)23-3/h5-8H,4,9-10,17H2,1-3H3,(H,18,21)(H,19,22). The van der Waals surface area contributed by atoms with Crippen LogP contribution in [0.1, 0.15) is 37.0 Å². The molecule has 1 unspecified atom stereocenters. The van der Waals surface area contributed by atoms with Crippen LogP contribution in [0.3, 0.4) is 0 Å². The van der Waals surface area contributed by atoms with Crippen LogP contribution in [0.2, 0.25) is 0 Å². The Morgan fingerprint density at radius 1 is 1.22 bits per heavy atom. The predicted molar refractivity (Wildman–Crippen MR) is 86.9 cm³/mol. The van der Waals surface area contributed by atoms with E-state index in [0.29, 0.717) is 17.7 Å². The van der Waals surface area contributed by atoms with Crippen molar-refractivity contribution in [3.63, 3.8) is 0 Å². The van der Waals surface area contributed by atoms with E-state index in [9.17, 15) is 14.4 Å². The fourth-order valence-corrected chi connectivity index (χ4v) is 1.94. The molecular weight excluding hydrogens is 298 g/mol. The summed E-state index contributed by atoms with van der Waals surface area (Å²) < 4.78 is 4.44. The SMILES string of the molecule is CCCC(C)(N)C(=O)Nc1ccc(C(=O)NCC(=O)OC)cc1. The van der Waals surface area contributed by atoms with Crippen molar-refractivity contribution >= 4 is 23.5 Å². The summed E-state index contributed by atoms with van der Waals surface area (Å²) in [7, 11) is 1.25. The fourth-order valence-electron chi connectivity index (χ4n) is 1.94. The third kappa shape index (κ3) is 5.71. The molecule has 0 saturated heterocycles. The molecule has 0 bridgehead atoms. The van der Waals surface area contributed by atoms with E-state index in [2.05, 4.69) is 15.4 Å². The zero-order valence-corrected chi connectivity index (χ0v) is 13.6. The van der Waals surface area contributed by atoms with E-state index in [4.69, 9.17) is 5.73 Å². The van der Waals surface area contributed by atoms with E-state index >= 15 is 0 Å². The second kappa shape index (κ2) is 8.28. The number of nitrogens with two attached hydrogens (primary N) is 1. The molecule has 2 amide bonds. The van der Waals surface area contributed by atoms with Crippen molar-refractivity contribution in [2.75, 3.05) is 19.0 Å². The predicted octanol–water partition coefficient (Wildman–Crippen LogP) is 1.05. The summed E-state index contributed by atoms with van der Waals surface area (Å²) in [6.07, 6.45) is 1.38. The number of rotatable bonds is 7. The van der Waals surface area contributed by atoms with Gasteiger partial charge in [-0.2, -0.15) is 0 Å². The van der Waals surface area contributed by atoms with Crippen LogP contribution in [0.25, 0.3) is 0 Å². The van der Waals surface area contributed by atoms with E-state index in [0.717, 1.165) is 6.42 Å². The highest BCUT2D eigenvalue weighted by atomic mass is 16.5. The number of ether oxygens (including phenoxy) is 1. The average molecular weight is 321 g/mol. The van der Waals surface area contributed by atoms with Crippen molar-refractivity contribution in [3.05, 3.63) is 29.8 Å². The van der Waals surface area contributed by atoms with Crippen LogP contribution in [0, 0.1) is 0 Å². The minimum atomic E-state index is -0.939. The van der Waals surface area contributed by atoms with Crippen LogP contribution in [0.4, 0.5) is 5.69 Å². The number of methoxy groups -OCH3 is 1. The Morgan fingerprint density at radius 2 is 1.83 bits per heavy atom. The molecule has 0 aliphatic heterocycles. The van der Waals surface area contributed by atoms with E-state index in [1.165, 1.54) is 7.11 Å². The quantitative estimate of drug-likeness (QED) is 0.650. The molecular formula is C16H23N3O4. The number of carbonyl (C=O) groups excluding carboxylic acids is 3. The third-order valence-corrected chi connectivity index (χ3v) is 3.31. The number of hydrogen-bond acceptors (Lipinski definition) is 5. The number of nitrogens with one attached hydrogen (secondary N) is 2. The Balaban J connectivity index is 2.64. The molecule has 0 aliphatic rings. The summed E-state index contributed by atoms with van der Waals surface area (Å²) in [5.41, 5.74) is 5.94. The molecule has 4 N–H and O–H groups in total. The zero-order chi connectivity index (χ0) is 17.5. The van der Waals surface area contributed by atoms with Gasteiger partial charge in [-0.15, -0.1) is 0 Å². The maximum Gasteiger partial charge on any atom is 0.325 e. The Hall–Kier alpha value is -2.41. The van der Waals surface area contributed by atoms with Gasteiger partial charge in [-0.3, -0.25) is 14.4 Å². The maximum absolute atomic E-state index is 12.1. The van der Waals surface area contributed by atoms with Crippen LogP contribution in [-0.2, 0) is 14.3 Å². The first-order chi connectivity index (χ1) is 10.8. The number of anilines is 1. The summed E-state index contributed by atoms with van der Waals surface area (Å²) in [6.45, 7) is 3.44. The summed E-state index contributed by atoms with van der Waals surface area (Å²) in [4.78, 5) is 34.9. The molecule has 1 rings (SSSR count). The Kier molecular flexibility index (Phi) is 6.71. The Bertz CT molecular complexity index is 567. The largest absolute Gasteiger partial charge is 0.468 e. The summed E-state index contributed by atoms with van der Waals surface area (Å²) in [5.74, 6) is -1.20. The van der Waals surface area contributed by atoms with Gasteiger partial charge in [-0.25, -0.2) is 0 Å². The van der Waals surface area contributed by atoms with Crippen LogP contribution in [-0.4, -0.2) is 37.0 Å². The molecule has 0 aliphatic carbocycles. The number of amides is 2. The van der Waals surface area contributed by atoms with E-state index in [1.54, 1.807) is 31.2 Å². The van der Waals surface area contributed by atoms with Gasteiger partial charge in [-0.1, -0.05) is 13.3 Å². The van der Waals surface area contributed by atoms with Crippen molar-refractivity contribution in [1.82, 2.24) is 5.32 Å². The fraction of sp³-hybridized carbons (Fsp3) is 0.438. The summed E-state index contributed by atoms with van der Waals surface area (Å²) in [6, 6.07) is 6.31.